The molecule has 2 aromatic carbocycles. The summed E-state index contributed by atoms with van der Waals surface area (Å²) < 4.78 is 13.9. The second-order valence-electron chi connectivity index (χ2n) is 3.75. The number of nitrogen functional groups attached to an aromatic ring is 1. The van der Waals surface area contributed by atoms with E-state index in [9.17, 15) is 4.39 Å². The van der Waals surface area contributed by atoms with Crippen molar-refractivity contribution in [2.24, 2.45) is 0 Å². The van der Waals surface area contributed by atoms with E-state index in [2.05, 4.69) is 4.98 Å². The van der Waals surface area contributed by atoms with E-state index >= 15 is 0 Å². The van der Waals surface area contributed by atoms with Crippen LogP contribution in [0.1, 0.15) is 0 Å². The van der Waals surface area contributed by atoms with Crippen molar-refractivity contribution >= 4 is 27.2 Å². The molecule has 4 heteroatoms. The minimum Gasteiger partial charge on any atom is -0.399 e. The monoisotopic (exact) mass is 243 g/mol. The summed E-state index contributed by atoms with van der Waals surface area (Å²) in [4.78, 5) is 4.49. The van der Waals surface area contributed by atoms with Crippen LogP contribution in [0, 0.1) is 5.82 Å². The fourth-order valence-corrected chi connectivity index (χ4v) is 2.68. The van der Waals surface area contributed by atoms with Gasteiger partial charge in [0.1, 0.15) is 10.8 Å². The van der Waals surface area contributed by atoms with Crippen molar-refractivity contribution in [2.75, 3.05) is 5.73 Å². The van der Waals surface area contributed by atoms with E-state index in [0.717, 1.165) is 26.5 Å². The minimum atomic E-state index is -0.237. The first kappa shape index (κ1) is 10.2. The second kappa shape index (κ2) is 3.82. The molecule has 84 valence electrons. The molecule has 3 aromatic rings. The highest BCUT2D eigenvalue weighted by Crippen LogP contribution is 2.31. The fourth-order valence-electron chi connectivity index (χ4n) is 1.66. The highest BCUT2D eigenvalue weighted by molar-refractivity contribution is 7.21. The zero-order valence-corrected chi connectivity index (χ0v) is 9.67. The number of fused-ring (bicyclic) bond motifs is 1. The quantitative estimate of drug-likeness (QED) is 0.662. The van der Waals surface area contributed by atoms with Crippen LogP contribution >= 0.6 is 11.3 Å². The fraction of sp³-hybridized carbons (Fsp3) is 0. The molecule has 0 atom stereocenters. The van der Waals surface area contributed by atoms with Gasteiger partial charge in [0.15, 0.2) is 0 Å². The molecule has 0 amide bonds. The summed E-state index contributed by atoms with van der Waals surface area (Å²) in [5, 5.41) is 0.880. The van der Waals surface area contributed by atoms with E-state index in [1.807, 2.05) is 18.2 Å². The van der Waals surface area contributed by atoms with Gasteiger partial charge in [-0.2, -0.15) is 0 Å². The number of nitrogens with two attached hydrogens (primary N) is 1. The number of hydrogen-bond donors (Lipinski definition) is 1. The molecular weight excluding hydrogens is 234 g/mol. The maximum atomic E-state index is 12.8. The van der Waals surface area contributed by atoms with Gasteiger partial charge in [0.05, 0.1) is 10.2 Å². The summed E-state index contributed by atoms with van der Waals surface area (Å²) in [5.74, 6) is -0.237. The van der Waals surface area contributed by atoms with E-state index in [0.29, 0.717) is 0 Å². The number of nitrogens with zero attached hydrogens (tertiary/aromatic N) is 1. The molecule has 0 bridgehead atoms. The first-order valence-electron chi connectivity index (χ1n) is 5.14. The molecule has 1 heterocycles. The van der Waals surface area contributed by atoms with Crippen molar-refractivity contribution < 1.29 is 4.39 Å². The summed E-state index contributed by atoms with van der Waals surface area (Å²) in [6, 6.07) is 12.0. The Morgan fingerprint density at radius 1 is 1.06 bits per heavy atom. The lowest BCUT2D eigenvalue weighted by molar-refractivity contribution is 0.628. The van der Waals surface area contributed by atoms with E-state index in [-0.39, 0.29) is 5.82 Å². The number of halogens is 1. The molecule has 0 spiro atoms. The Hall–Kier alpha value is -1.94. The van der Waals surface area contributed by atoms with E-state index < -0.39 is 0 Å². The first-order chi connectivity index (χ1) is 8.22. The van der Waals surface area contributed by atoms with Crippen LogP contribution in [0.2, 0.25) is 0 Å². The number of aromatic nitrogens is 1. The number of thiazole rings is 1. The van der Waals surface area contributed by atoms with Gasteiger partial charge in [-0.3, -0.25) is 0 Å². The van der Waals surface area contributed by atoms with Gasteiger partial charge in [0.2, 0.25) is 0 Å². The second-order valence-corrected chi connectivity index (χ2v) is 4.78. The van der Waals surface area contributed by atoms with Crippen LogP contribution in [0.4, 0.5) is 10.1 Å². The Morgan fingerprint density at radius 2 is 1.82 bits per heavy atom. The van der Waals surface area contributed by atoms with Crippen LogP contribution in [0.15, 0.2) is 42.5 Å². The van der Waals surface area contributed by atoms with Gasteiger partial charge in [0, 0.05) is 11.3 Å². The lowest BCUT2D eigenvalue weighted by Crippen LogP contribution is -1.81. The van der Waals surface area contributed by atoms with Gasteiger partial charge < -0.3 is 5.73 Å². The summed E-state index contributed by atoms with van der Waals surface area (Å²) >= 11 is 1.56. The van der Waals surface area contributed by atoms with E-state index in [1.54, 1.807) is 23.5 Å². The minimum absolute atomic E-state index is 0.237. The average molecular weight is 243 g/mol. The maximum Gasteiger partial charge on any atom is 0.124 e. The largest absolute Gasteiger partial charge is 0.399 e. The van der Waals surface area contributed by atoms with E-state index in [4.69, 9.17) is 5.73 Å². The van der Waals surface area contributed by atoms with Crippen molar-refractivity contribution in [1.29, 1.82) is 0 Å². The van der Waals surface area contributed by atoms with Crippen LogP contribution in [-0.2, 0) is 0 Å². The van der Waals surface area contributed by atoms with Crippen molar-refractivity contribution in [2.45, 2.75) is 0 Å². The average Bonchev–Trinajstić information content (AvgIpc) is 2.72. The number of anilines is 1. The number of rotatable bonds is 1. The predicted molar refractivity (Wildman–Crippen MR) is 69.4 cm³/mol. The van der Waals surface area contributed by atoms with Crippen molar-refractivity contribution in [3.05, 3.63) is 48.3 Å². The van der Waals surface area contributed by atoms with E-state index in [1.165, 1.54) is 12.1 Å². The molecule has 1 aromatic heterocycles. The highest BCUT2D eigenvalue weighted by atomic mass is 32.1. The Kier molecular flexibility index (Phi) is 2.30. The molecule has 0 saturated carbocycles. The smallest absolute Gasteiger partial charge is 0.124 e. The van der Waals surface area contributed by atoms with Gasteiger partial charge >= 0.3 is 0 Å². The Balaban J connectivity index is 2.14. The normalized spacial score (nSPS) is 10.9. The molecule has 0 radical (unpaired) electrons. The molecule has 2 nitrogen and oxygen atoms in total. The van der Waals surface area contributed by atoms with Gasteiger partial charge in [-0.15, -0.1) is 11.3 Å². The Bertz CT molecular complexity index is 673. The molecule has 0 aliphatic carbocycles. The van der Waals surface area contributed by atoms with Crippen LogP contribution in [0.5, 0.6) is 0 Å². The summed E-state index contributed by atoms with van der Waals surface area (Å²) in [5.41, 5.74) is 8.29. The van der Waals surface area contributed by atoms with Crippen molar-refractivity contribution in [3.8, 4) is 10.6 Å². The van der Waals surface area contributed by atoms with Gasteiger partial charge in [-0.05, 0) is 42.5 Å². The Morgan fingerprint density at radius 3 is 2.59 bits per heavy atom. The summed E-state index contributed by atoms with van der Waals surface area (Å²) in [6.07, 6.45) is 0. The predicted octanol–water partition coefficient (Wildman–Crippen LogP) is 3.68. The van der Waals surface area contributed by atoms with Crippen LogP contribution in [0.25, 0.3) is 20.8 Å². The maximum absolute atomic E-state index is 12.8. The molecule has 0 saturated heterocycles. The third-order valence-electron chi connectivity index (χ3n) is 2.50. The third kappa shape index (κ3) is 1.87. The summed E-state index contributed by atoms with van der Waals surface area (Å²) in [6.45, 7) is 0. The lowest BCUT2D eigenvalue weighted by Gasteiger charge is -1.94. The molecule has 0 aliphatic rings. The molecule has 3 rings (SSSR count). The summed E-state index contributed by atoms with van der Waals surface area (Å²) in [7, 11) is 0. The zero-order valence-electron chi connectivity index (χ0n) is 8.85. The molecule has 17 heavy (non-hydrogen) atoms. The van der Waals surface area contributed by atoms with Gasteiger partial charge in [-0.1, -0.05) is 0 Å². The number of hydrogen-bond acceptors (Lipinski definition) is 3. The first-order valence-corrected chi connectivity index (χ1v) is 5.96. The highest BCUT2D eigenvalue weighted by Gasteiger charge is 2.06. The standard InChI is InChI=1S/C13H9FN2S/c14-9-3-1-8(2-4-9)13-16-11-6-5-10(15)7-12(11)17-13/h1-7H,15H2/i14-1. The van der Waals surface area contributed by atoms with Crippen molar-refractivity contribution in [1.82, 2.24) is 4.98 Å². The zero-order chi connectivity index (χ0) is 11.8. The lowest BCUT2D eigenvalue weighted by atomic mass is 10.2. The van der Waals surface area contributed by atoms with Gasteiger partial charge in [0.25, 0.3) is 0 Å². The van der Waals surface area contributed by atoms with Crippen LogP contribution < -0.4 is 5.73 Å². The Labute approximate surface area is 102 Å². The SMILES string of the molecule is Nc1ccc2nc(-c3ccc([18F])cc3)sc2c1. The van der Waals surface area contributed by atoms with Crippen molar-refractivity contribution in [3.63, 3.8) is 0 Å². The number of benzene rings is 2. The molecule has 2 N–H and O–H groups in total. The molecule has 0 aliphatic heterocycles. The molecular formula is C13H9FN2S. The van der Waals surface area contributed by atoms with Crippen LogP contribution in [-0.4, -0.2) is 4.98 Å². The van der Waals surface area contributed by atoms with Crippen LogP contribution in [0.3, 0.4) is 0 Å². The topological polar surface area (TPSA) is 38.9 Å². The third-order valence-corrected chi connectivity index (χ3v) is 3.57. The molecule has 0 fully saturated rings. The van der Waals surface area contributed by atoms with Gasteiger partial charge in [-0.25, -0.2) is 9.37 Å². The molecule has 0 unspecified atom stereocenters.